The van der Waals surface area contributed by atoms with Gasteiger partial charge in [-0.2, -0.15) is 5.10 Å². The first-order chi connectivity index (χ1) is 24.9. The van der Waals surface area contributed by atoms with E-state index in [1.54, 1.807) is 10.9 Å². The number of guanidine groups is 1. The highest BCUT2D eigenvalue weighted by molar-refractivity contribution is 6.31. The second kappa shape index (κ2) is 17.2. The van der Waals surface area contributed by atoms with E-state index in [1.165, 1.54) is 11.6 Å². The number of rotatable bonds is 15. The molecule has 0 saturated carbocycles. The number of carbonyl (C=O) groups excluding carboxylic acids is 2. The molecule has 1 aromatic heterocycles. The smallest absolute Gasteiger partial charge is 0.328 e. The van der Waals surface area contributed by atoms with Crippen LogP contribution in [-0.2, 0) is 22.6 Å². The number of aromatic nitrogens is 2. The number of hydrogen-bond donors (Lipinski definition) is 4. The van der Waals surface area contributed by atoms with Crippen LogP contribution >= 0.6 is 11.6 Å². The van der Waals surface area contributed by atoms with Gasteiger partial charge in [-0.25, -0.2) is 14.2 Å². The zero-order valence-electron chi connectivity index (χ0n) is 29.2. The Morgan fingerprint density at radius 1 is 1.13 bits per heavy atom. The number of carboxylic acid groups (broad SMARTS) is 1. The number of halogens is 2. The topological polar surface area (TPSA) is 178 Å². The quantitative estimate of drug-likeness (QED) is 0.0715. The molecular weight excluding hydrogens is 689 g/mol. The van der Waals surface area contributed by atoms with E-state index in [0.29, 0.717) is 26.0 Å². The van der Waals surface area contributed by atoms with Crippen molar-refractivity contribution < 1.29 is 28.6 Å². The molecule has 1 aliphatic rings. The van der Waals surface area contributed by atoms with Crippen LogP contribution in [0.25, 0.3) is 11.1 Å². The predicted octanol–water partition coefficient (Wildman–Crippen LogP) is 5.38. The van der Waals surface area contributed by atoms with Crippen molar-refractivity contribution in [2.75, 3.05) is 24.6 Å². The van der Waals surface area contributed by atoms with Gasteiger partial charge in [0.15, 0.2) is 12.0 Å². The number of carboxylic acids is 1. The van der Waals surface area contributed by atoms with Crippen LogP contribution in [0.5, 0.6) is 5.75 Å². The number of amides is 2. The predicted molar refractivity (Wildman–Crippen MR) is 198 cm³/mol. The number of hydrogen-bond acceptors (Lipinski definition) is 6. The third kappa shape index (κ3) is 9.26. The summed E-state index contributed by atoms with van der Waals surface area (Å²) in [5.74, 6) is -1.86. The fourth-order valence-corrected chi connectivity index (χ4v) is 6.50. The Bertz CT molecular complexity index is 1950. The van der Waals surface area contributed by atoms with Crippen molar-refractivity contribution in [1.29, 1.82) is 0 Å². The van der Waals surface area contributed by atoms with Gasteiger partial charge in [-0.05, 0) is 92.5 Å². The minimum Gasteiger partial charge on any atom is -0.493 e. The zero-order chi connectivity index (χ0) is 37.4. The van der Waals surface area contributed by atoms with Crippen molar-refractivity contribution in [3.05, 3.63) is 99.6 Å². The molecule has 6 N–H and O–H groups in total. The molecule has 52 heavy (non-hydrogen) atoms. The first kappa shape index (κ1) is 37.8. The average Bonchev–Trinajstić information content (AvgIpc) is 3.58. The maximum absolute atomic E-state index is 15.3. The van der Waals surface area contributed by atoms with Crippen molar-refractivity contribution in [2.24, 2.45) is 16.5 Å². The molecule has 4 aromatic rings. The average molecular weight is 732 g/mol. The summed E-state index contributed by atoms with van der Waals surface area (Å²) in [6.45, 7) is 5.32. The zero-order valence-corrected chi connectivity index (χ0v) is 30.0. The molecule has 0 bridgehead atoms. The van der Waals surface area contributed by atoms with Crippen LogP contribution in [0.4, 0.5) is 10.1 Å². The molecule has 0 spiro atoms. The molecule has 5 rings (SSSR count). The van der Waals surface area contributed by atoms with Gasteiger partial charge >= 0.3 is 5.97 Å². The molecule has 14 heteroatoms. The molecule has 274 valence electrons. The van der Waals surface area contributed by atoms with Gasteiger partial charge in [0.2, 0.25) is 5.91 Å². The molecule has 2 amide bonds. The highest BCUT2D eigenvalue weighted by atomic mass is 35.5. The lowest BCUT2D eigenvalue weighted by molar-refractivity contribution is -0.138. The van der Waals surface area contributed by atoms with Crippen LogP contribution < -0.4 is 26.4 Å². The molecule has 12 nitrogen and oxygen atoms in total. The van der Waals surface area contributed by atoms with E-state index in [-0.39, 0.29) is 53.9 Å². The maximum atomic E-state index is 15.3. The minimum atomic E-state index is -1.18. The van der Waals surface area contributed by atoms with Gasteiger partial charge in [-0.15, -0.1) is 0 Å². The molecule has 1 unspecified atom stereocenters. The van der Waals surface area contributed by atoms with Crippen LogP contribution in [0.1, 0.15) is 64.7 Å². The largest absolute Gasteiger partial charge is 0.493 e. The number of aliphatic imine (C=N–C) groups is 1. The molecule has 0 aliphatic carbocycles. The first-order valence-electron chi connectivity index (χ1n) is 17.1. The van der Waals surface area contributed by atoms with E-state index >= 15 is 4.39 Å². The van der Waals surface area contributed by atoms with Crippen molar-refractivity contribution in [2.45, 2.75) is 65.0 Å². The fourth-order valence-electron chi connectivity index (χ4n) is 6.23. The van der Waals surface area contributed by atoms with E-state index in [2.05, 4.69) is 15.4 Å². The van der Waals surface area contributed by atoms with Crippen molar-refractivity contribution in [3.63, 3.8) is 0 Å². The van der Waals surface area contributed by atoms with Gasteiger partial charge in [-0.1, -0.05) is 35.9 Å². The summed E-state index contributed by atoms with van der Waals surface area (Å²) in [5, 5.41) is 16.4. The van der Waals surface area contributed by atoms with Gasteiger partial charge in [0.05, 0.1) is 19.3 Å². The Balaban J connectivity index is 1.20. The first-order valence-corrected chi connectivity index (χ1v) is 17.5. The lowest BCUT2D eigenvalue weighted by Gasteiger charge is -2.31. The van der Waals surface area contributed by atoms with Gasteiger partial charge in [0.25, 0.3) is 5.91 Å². The van der Waals surface area contributed by atoms with Gasteiger partial charge in [-0.3, -0.25) is 14.3 Å². The number of aliphatic carboxylic acids is 1. The van der Waals surface area contributed by atoms with E-state index in [0.717, 1.165) is 52.6 Å². The standard InChI is InChI=1S/C38H43ClFN7O5/c1-23-8-3-13-34(24(23)2)52-17-7-14-35(48)47-16-6-10-28-27(9-4-12-33(28)47)26-20-44-46(21-26)22-29-30(39)18-25(19-31(29)40)36(49)43-15-5-11-32(37(50)51)45-38(41)42/h3-4,8-9,12-13,18-21,32H,5-7,10-11,14-17,22H2,1-2H3,(H,43,49)(H,50,51)(H4,41,42,45). The van der Waals surface area contributed by atoms with E-state index < -0.39 is 23.7 Å². The number of ether oxygens (including phenoxy) is 1. The monoisotopic (exact) mass is 731 g/mol. The number of carbonyl (C=O) groups is 3. The van der Waals surface area contributed by atoms with E-state index in [1.807, 2.05) is 61.3 Å². The van der Waals surface area contributed by atoms with Crippen LogP contribution in [0.3, 0.4) is 0 Å². The van der Waals surface area contributed by atoms with Crippen molar-refractivity contribution in [3.8, 4) is 16.9 Å². The van der Waals surface area contributed by atoms with Crippen LogP contribution in [0.2, 0.25) is 5.02 Å². The lowest BCUT2D eigenvalue weighted by Crippen LogP contribution is -2.35. The number of fused-ring (bicyclic) bond motifs is 1. The van der Waals surface area contributed by atoms with Gasteiger partial charge < -0.3 is 31.5 Å². The molecule has 3 aromatic carbocycles. The molecule has 0 saturated heterocycles. The highest BCUT2D eigenvalue weighted by Crippen LogP contribution is 2.36. The van der Waals surface area contributed by atoms with E-state index in [9.17, 15) is 19.5 Å². The molecule has 2 heterocycles. The van der Waals surface area contributed by atoms with Crippen LogP contribution in [-0.4, -0.2) is 64.4 Å². The second-order valence-electron chi connectivity index (χ2n) is 12.8. The SMILES string of the molecule is Cc1cccc(OCCCC(=O)N2CCCc3c(-c4cnn(Cc5c(F)cc(C(=O)NCCCC(N=C(N)N)C(=O)O)cc5Cl)c4)cccc32)c1C. The molecule has 0 fully saturated rings. The number of nitrogens with two attached hydrogens (primary N) is 2. The van der Waals surface area contributed by atoms with E-state index in [4.69, 9.17) is 27.8 Å². The lowest BCUT2D eigenvalue weighted by atomic mass is 9.93. The normalized spacial score (nSPS) is 12.9. The minimum absolute atomic E-state index is 0.0235. The molecular formula is C38H43ClFN7O5. The summed E-state index contributed by atoms with van der Waals surface area (Å²) in [4.78, 5) is 42.9. The number of anilines is 1. The Morgan fingerprint density at radius 2 is 1.92 bits per heavy atom. The van der Waals surface area contributed by atoms with Gasteiger partial charge in [0, 0.05) is 53.1 Å². The Hall–Kier alpha value is -5.43. The Morgan fingerprint density at radius 3 is 2.67 bits per heavy atom. The van der Waals surface area contributed by atoms with Crippen molar-refractivity contribution >= 4 is 41.0 Å². The van der Waals surface area contributed by atoms with Crippen LogP contribution in [0, 0.1) is 19.7 Å². The molecule has 1 atom stereocenters. The summed E-state index contributed by atoms with van der Waals surface area (Å²) < 4.78 is 22.9. The third-order valence-corrected chi connectivity index (χ3v) is 9.43. The second-order valence-corrected chi connectivity index (χ2v) is 13.2. The maximum Gasteiger partial charge on any atom is 0.328 e. The number of nitrogens with zero attached hydrogens (tertiary/aromatic N) is 4. The highest BCUT2D eigenvalue weighted by Gasteiger charge is 2.25. The summed E-state index contributed by atoms with van der Waals surface area (Å²) >= 11 is 6.46. The summed E-state index contributed by atoms with van der Waals surface area (Å²) in [6.07, 6.45) is 6.49. The Kier molecular flexibility index (Phi) is 12.5. The molecule has 1 aliphatic heterocycles. The number of aryl methyl sites for hydroxylation is 1. The van der Waals surface area contributed by atoms with Crippen molar-refractivity contribution in [1.82, 2.24) is 15.1 Å². The Labute approximate surface area is 306 Å². The van der Waals surface area contributed by atoms with Gasteiger partial charge in [0.1, 0.15) is 11.6 Å². The fraction of sp³-hybridized carbons (Fsp3) is 0.342. The number of nitrogens with one attached hydrogen (secondary N) is 1. The summed E-state index contributed by atoms with van der Waals surface area (Å²) in [6, 6.07) is 13.2. The third-order valence-electron chi connectivity index (χ3n) is 9.10. The van der Waals surface area contributed by atoms with Crippen LogP contribution in [0.15, 0.2) is 65.9 Å². The summed E-state index contributed by atoms with van der Waals surface area (Å²) in [7, 11) is 0. The molecule has 0 radical (unpaired) electrons. The number of benzene rings is 3. The summed E-state index contributed by atoms with van der Waals surface area (Å²) in [5.41, 5.74) is 16.7.